The second-order valence-corrected chi connectivity index (χ2v) is 7.22. The van der Waals surface area contributed by atoms with Crippen LogP contribution in [0, 0.1) is 0 Å². The molecule has 0 amide bonds. The first-order valence-electron chi connectivity index (χ1n) is 8.55. The van der Waals surface area contributed by atoms with E-state index in [1.807, 2.05) is 49.8 Å². The number of rotatable bonds is 5. The minimum atomic E-state index is -0.607. The molecular formula is C21H20BrN2O2+. The zero-order valence-corrected chi connectivity index (χ0v) is 16.1. The Hall–Kier alpha value is -2.37. The van der Waals surface area contributed by atoms with E-state index in [0.29, 0.717) is 6.54 Å². The normalized spacial score (nSPS) is 12.6. The molecule has 0 aliphatic rings. The minimum absolute atomic E-state index is 0.229. The maximum atomic E-state index is 10.5. The van der Waals surface area contributed by atoms with Gasteiger partial charge in [-0.15, -0.1) is 0 Å². The molecule has 0 aliphatic heterocycles. The largest absolute Gasteiger partial charge is 0.490 e. The van der Waals surface area contributed by atoms with E-state index in [-0.39, 0.29) is 6.61 Å². The van der Waals surface area contributed by atoms with E-state index in [1.54, 1.807) is 0 Å². The molecule has 26 heavy (non-hydrogen) atoms. The molecule has 1 aromatic heterocycles. The molecule has 1 atom stereocenters. The molecule has 1 unspecified atom stereocenters. The average Bonchev–Trinajstić information content (AvgIpc) is 2.97. The van der Waals surface area contributed by atoms with Crippen LogP contribution < -0.4 is 9.30 Å². The molecule has 1 heterocycles. The van der Waals surface area contributed by atoms with Crippen molar-refractivity contribution in [3.8, 4) is 5.75 Å². The fourth-order valence-corrected chi connectivity index (χ4v) is 3.88. The van der Waals surface area contributed by atoms with Crippen LogP contribution in [0.3, 0.4) is 0 Å². The summed E-state index contributed by atoms with van der Waals surface area (Å²) in [6.45, 7) is 0.708. The van der Waals surface area contributed by atoms with Gasteiger partial charge in [0.2, 0.25) is 6.33 Å². The zero-order valence-electron chi connectivity index (χ0n) is 14.5. The van der Waals surface area contributed by atoms with Crippen molar-refractivity contribution in [3.05, 3.63) is 71.5 Å². The number of aryl methyl sites for hydroxylation is 1. The summed E-state index contributed by atoms with van der Waals surface area (Å²) in [6.07, 6.45) is 1.39. The monoisotopic (exact) mass is 411 g/mol. The van der Waals surface area contributed by atoms with Gasteiger partial charge in [-0.25, -0.2) is 9.13 Å². The van der Waals surface area contributed by atoms with Crippen molar-refractivity contribution in [2.75, 3.05) is 6.61 Å². The molecule has 132 valence electrons. The molecule has 4 nitrogen and oxygen atoms in total. The predicted molar refractivity (Wildman–Crippen MR) is 106 cm³/mol. The second kappa shape index (κ2) is 7.09. The highest BCUT2D eigenvalue weighted by atomic mass is 79.9. The fourth-order valence-electron chi connectivity index (χ4n) is 3.28. The molecular weight excluding hydrogens is 392 g/mol. The van der Waals surface area contributed by atoms with Gasteiger partial charge in [-0.2, -0.15) is 0 Å². The SMILES string of the molecule is C[n+]1cn(CC(O)COc2ccc3ccccc3c2Br)c2ccccc21. The summed E-state index contributed by atoms with van der Waals surface area (Å²) >= 11 is 3.62. The number of imidazole rings is 1. The Morgan fingerprint density at radius 3 is 2.73 bits per heavy atom. The minimum Gasteiger partial charge on any atom is -0.490 e. The van der Waals surface area contributed by atoms with Crippen LogP contribution in [0.15, 0.2) is 71.5 Å². The van der Waals surface area contributed by atoms with Crippen molar-refractivity contribution in [2.24, 2.45) is 7.05 Å². The lowest BCUT2D eigenvalue weighted by atomic mass is 10.1. The van der Waals surface area contributed by atoms with E-state index >= 15 is 0 Å². The summed E-state index contributed by atoms with van der Waals surface area (Å²) in [7, 11) is 2.01. The van der Waals surface area contributed by atoms with Gasteiger partial charge >= 0.3 is 0 Å². The predicted octanol–water partition coefficient (Wildman–Crippen LogP) is 3.82. The molecule has 4 rings (SSSR count). The van der Waals surface area contributed by atoms with Crippen LogP contribution in [-0.2, 0) is 13.6 Å². The third-order valence-electron chi connectivity index (χ3n) is 4.55. The van der Waals surface area contributed by atoms with Gasteiger partial charge in [0.25, 0.3) is 0 Å². The van der Waals surface area contributed by atoms with Crippen LogP contribution in [-0.4, -0.2) is 22.4 Å². The number of ether oxygens (including phenoxy) is 1. The van der Waals surface area contributed by atoms with Crippen LogP contribution in [0.5, 0.6) is 5.75 Å². The van der Waals surface area contributed by atoms with Gasteiger partial charge in [0, 0.05) is 0 Å². The summed E-state index contributed by atoms with van der Waals surface area (Å²) in [5, 5.41) is 12.7. The lowest BCUT2D eigenvalue weighted by Crippen LogP contribution is -2.27. The third-order valence-corrected chi connectivity index (χ3v) is 5.37. The van der Waals surface area contributed by atoms with E-state index in [2.05, 4.69) is 49.3 Å². The Kier molecular flexibility index (Phi) is 4.66. The number of aliphatic hydroxyl groups excluding tert-OH is 1. The number of hydrogen-bond donors (Lipinski definition) is 1. The maximum Gasteiger partial charge on any atom is 0.244 e. The Morgan fingerprint density at radius 2 is 1.85 bits per heavy atom. The van der Waals surface area contributed by atoms with Gasteiger partial charge in [0.15, 0.2) is 11.0 Å². The number of benzene rings is 3. The summed E-state index contributed by atoms with van der Waals surface area (Å²) < 4.78 is 10.9. The highest BCUT2D eigenvalue weighted by molar-refractivity contribution is 9.10. The zero-order chi connectivity index (χ0) is 18.1. The van der Waals surface area contributed by atoms with Crippen LogP contribution >= 0.6 is 15.9 Å². The Bertz CT molecular complexity index is 1070. The number of hydrogen-bond acceptors (Lipinski definition) is 2. The van der Waals surface area contributed by atoms with Crippen LogP contribution in [0.25, 0.3) is 21.8 Å². The first-order valence-corrected chi connectivity index (χ1v) is 9.34. The number of para-hydroxylation sites is 2. The molecule has 3 aromatic carbocycles. The van der Waals surface area contributed by atoms with Gasteiger partial charge < -0.3 is 9.84 Å². The van der Waals surface area contributed by atoms with Crippen LogP contribution in [0.1, 0.15) is 0 Å². The van der Waals surface area contributed by atoms with Gasteiger partial charge in [-0.1, -0.05) is 42.5 Å². The molecule has 0 radical (unpaired) electrons. The molecule has 0 saturated heterocycles. The molecule has 5 heteroatoms. The molecule has 0 saturated carbocycles. The molecule has 1 N–H and O–H groups in total. The highest BCUT2D eigenvalue weighted by Crippen LogP contribution is 2.33. The van der Waals surface area contributed by atoms with Gasteiger partial charge in [-0.05, 0) is 44.9 Å². The lowest BCUT2D eigenvalue weighted by Gasteiger charge is -2.13. The average molecular weight is 412 g/mol. The number of aromatic nitrogens is 2. The standard InChI is InChI=1S/C21H20BrN2O2/c1-23-14-24(19-9-5-4-8-18(19)23)12-16(25)13-26-20-11-10-15-6-2-3-7-17(15)21(20)22/h2-11,14,16,25H,12-13H2,1H3/q+1. The number of nitrogens with zero attached hydrogens (tertiary/aromatic N) is 2. The highest BCUT2D eigenvalue weighted by Gasteiger charge is 2.17. The summed E-state index contributed by atoms with van der Waals surface area (Å²) in [6, 6.07) is 20.3. The van der Waals surface area contributed by atoms with Gasteiger partial charge in [0.05, 0.1) is 11.5 Å². The van der Waals surface area contributed by atoms with E-state index < -0.39 is 6.10 Å². The van der Waals surface area contributed by atoms with Crippen LogP contribution in [0.2, 0.25) is 0 Å². The number of halogens is 1. The van der Waals surface area contributed by atoms with Crippen molar-refractivity contribution >= 4 is 37.7 Å². The number of fused-ring (bicyclic) bond motifs is 2. The first-order chi connectivity index (χ1) is 12.6. The van der Waals surface area contributed by atoms with E-state index in [1.165, 1.54) is 0 Å². The summed E-state index contributed by atoms with van der Waals surface area (Å²) in [5.41, 5.74) is 2.24. The molecule has 0 spiro atoms. The first kappa shape index (κ1) is 17.1. The molecule has 0 aliphatic carbocycles. The van der Waals surface area contributed by atoms with Crippen molar-refractivity contribution < 1.29 is 14.4 Å². The lowest BCUT2D eigenvalue weighted by molar-refractivity contribution is -0.645. The number of aliphatic hydroxyl groups is 1. The molecule has 4 aromatic rings. The third kappa shape index (κ3) is 3.20. The van der Waals surface area contributed by atoms with Crippen molar-refractivity contribution in [1.82, 2.24) is 4.57 Å². The van der Waals surface area contributed by atoms with Crippen molar-refractivity contribution in [1.29, 1.82) is 0 Å². The van der Waals surface area contributed by atoms with E-state index in [9.17, 15) is 5.11 Å². The smallest absolute Gasteiger partial charge is 0.244 e. The van der Waals surface area contributed by atoms with Crippen molar-refractivity contribution in [3.63, 3.8) is 0 Å². The fraction of sp³-hybridized carbons (Fsp3) is 0.190. The van der Waals surface area contributed by atoms with E-state index in [4.69, 9.17) is 4.74 Å². The molecule has 0 bridgehead atoms. The van der Waals surface area contributed by atoms with Gasteiger partial charge in [0.1, 0.15) is 25.0 Å². The summed E-state index contributed by atoms with van der Waals surface area (Å²) in [5.74, 6) is 0.741. The topological polar surface area (TPSA) is 38.3 Å². The van der Waals surface area contributed by atoms with Crippen LogP contribution in [0.4, 0.5) is 0 Å². The maximum absolute atomic E-state index is 10.5. The van der Waals surface area contributed by atoms with Gasteiger partial charge in [-0.3, -0.25) is 0 Å². The van der Waals surface area contributed by atoms with E-state index in [0.717, 1.165) is 32.0 Å². The summed E-state index contributed by atoms with van der Waals surface area (Å²) in [4.78, 5) is 0. The molecule has 0 fully saturated rings. The quantitative estimate of drug-likeness (QED) is 0.506. The Labute approximate surface area is 160 Å². The Balaban J connectivity index is 1.49. The second-order valence-electron chi connectivity index (χ2n) is 6.43. The van der Waals surface area contributed by atoms with Crippen molar-refractivity contribution in [2.45, 2.75) is 12.6 Å². The Morgan fingerprint density at radius 1 is 1.08 bits per heavy atom.